The van der Waals surface area contributed by atoms with E-state index in [1.165, 1.54) is 30.2 Å². The van der Waals surface area contributed by atoms with E-state index in [1.807, 2.05) is 6.92 Å². The zero-order valence-corrected chi connectivity index (χ0v) is 10.6. The van der Waals surface area contributed by atoms with Gasteiger partial charge in [0.2, 0.25) is 0 Å². The lowest BCUT2D eigenvalue weighted by Crippen LogP contribution is -2.31. The molecule has 0 aliphatic rings. The van der Waals surface area contributed by atoms with Crippen LogP contribution in [0, 0.1) is 0 Å². The van der Waals surface area contributed by atoms with Crippen LogP contribution < -0.4 is 10.1 Å². The van der Waals surface area contributed by atoms with Gasteiger partial charge >= 0.3 is 12.0 Å². The fourth-order valence-electron chi connectivity index (χ4n) is 1.29. The molecule has 6 nitrogen and oxygen atoms in total. The summed E-state index contributed by atoms with van der Waals surface area (Å²) in [7, 11) is 3.09. The van der Waals surface area contributed by atoms with Gasteiger partial charge in [-0.25, -0.2) is 9.59 Å². The summed E-state index contributed by atoms with van der Waals surface area (Å²) in [6, 6.07) is 4.03. The first kappa shape index (κ1) is 13.8. The van der Waals surface area contributed by atoms with Crippen molar-refractivity contribution in [1.29, 1.82) is 0 Å². The second-order valence-electron chi connectivity index (χ2n) is 3.66. The molecule has 0 aliphatic heterocycles. The summed E-state index contributed by atoms with van der Waals surface area (Å²) >= 11 is 0. The molecule has 0 saturated carbocycles. The van der Waals surface area contributed by atoms with Gasteiger partial charge < -0.3 is 20.1 Å². The number of rotatable bonds is 4. The largest absolute Gasteiger partial charge is 0.497 e. The molecule has 0 atom stereocenters. The Kier molecular flexibility index (Phi) is 4.53. The third-order valence-electron chi connectivity index (χ3n) is 2.52. The van der Waals surface area contributed by atoms with Gasteiger partial charge in [-0.15, -0.1) is 0 Å². The smallest absolute Gasteiger partial charge is 0.337 e. The van der Waals surface area contributed by atoms with Crippen LogP contribution in [0.3, 0.4) is 0 Å². The van der Waals surface area contributed by atoms with E-state index in [1.54, 1.807) is 7.05 Å². The Balaban J connectivity index is 3.04. The van der Waals surface area contributed by atoms with E-state index >= 15 is 0 Å². The van der Waals surface area contributed by atoms with E-state index < -0.39 is 5.97 Å². The molecule has 1 aromatic rings. The Morgan fingerprint density at radius 1 is 1.44 bits per heavy atom. The number of carboxylic acid groups (broad SMARTS) is 1. The number of carboxylic acids is 1. The van der Waals surface area contributed by atoms with Crippen LogP contribution in [0.25, 0.3) is 0 Å². The Bertz CT molecular complexity index is 459. The van der Waals surface area contributed by atoms with E-state index in [-0.39, 0.29) is 17.3 Å². The van der Waals surface area contributed by atoms with Crippen molar-refractivity contribution in [2.45, 2.75) is 6.92 Å². The Morgan fingerprint density at radius 2 is 2.11 bits per heavy atom. The number of amides is 2. The third kappa shape index (κ3) is 3.13. The van der Waals surface area contributed by atoms with Gasteiger partial charge in [-0.3, -0.25) is 0 Å². The molecular weight excluding hydrogens is 236 g/mol. The molecule has 0 aliphatic carbocycles. The van der Waals surface area contributed by atoms with E-state index in [9.17, 15) is 9.59 Å². The molecule has 0 aromatic heterocycles. The number of nitrogens with one attached hydrogen (secondary N) is 1. The molecule has 0 saturated heterocycles. The summed E-state index contributed by atoms with van der Waals surface area (Å²) in [5.41, 5.74) is 0.237. The minimum Gasteiger partial charge on any atom is -0.497 e. The number of nitrogens with zero attached hydrogens (tertiary/aromatic N) is 1. The zero-order chi connectivity index (χ0) is 13.7. The summed E-state index contributed by atoms with van der Waals surface area (Å²) in [5.74, 6) is -0.624. The standard InChI is InChI=1S/C12H16N2O4/c1-4-14(2)12(17)13-10-7-8(18-3)5-6-9(10)11(15)16/h5-7H,4H2,1-3H3,(H,13,17)(H,15,16). The van der Waals surface area contributed by atoms with Gasteiger partial charge in [0, 0.05) is 19.7 Å². The first-order chi connectivity index (χ1) is 8.49. The van der Waals surface area contributed by atoms with Crippen LogP contribution in [-0.2, 0) is 0 Å². The number of anilines is 1. The second-order valence-corrected chi connectivity index (χ2v) is 3.66. The van der Waals surface area contributed by atoms with Crippen molar-refractivity contribution in [1.82, 2.24) is 4.90 Å². The highest BCUT2D eigenvalue weighted by atomic mass is 16.5. The van der Waals surface area contributed by atoms with Crippen molar-refractivity contribution < 1.29 is 19.4 Å². The van der Waals surface area contributed by atoms with E-state index in [0.717, 1.165) is 0 Å². The Morgan fingerprint density at radius 3 is 2.61 bits per heavy atom. The predicted octanol–water partition coefficient (Wildman–Crippen LogP) is 1.88. The van der Waals surface area contributed by atoms with E-state index in [2.05, 4.69) is 5.32 Å². The van der Waals surface area contributed by atoms with Crippen molar-refractivity contribution in [2.24, 2.45) is 0 Å². The molecular formula is C12H16N2O4. The lowest BCUT2D eigenvalue weighted by atomic mass is 10.1. The molecule has 0 unspecified atom stereocenters. The zero-order valence-electron chi connectivity index (χ0n) is 10.6. The molecule has 2 N–H and O–H groups in total. The molecule has 1 rings (SSSR count). The normalized spacial score (nSPS) is 9.72. The minimum absolute atomic E-state index is 0.0219. The number of aromatic carboxylic acids is 1. The maximum absolute atomic E-state index is 11.7. The van der Waals surface area contributed by atoms with E-state index in [4.69, 9.17) is 9.84 Å². The molecule has 0 fully saturated rings. The number of urea groups is 1. The fraction of sp³-hybridized carbons (Fsp3) is 0.333. The maximum Gasteiger partial charge on any atom is 0.337 e. The summed E-state index contributed by atoms with van der Waals surface area (Å²) in [4.78, 5) is 24.2. The number of ether oxygens (including phenoxy) is 1. The highest BCUT2D eigenvalue weighted by molar-refractivity contribution is 6.00. The van der Waals surface area contributed by atoms with Gasteiger partial charge in [0.05, 0.1) is 18.4 Å². The Hall–Kier alpha value is -2.24. The molecule has 0 heterocycles. The van der Waals surface area contributed by atoms with Gasteiger partial charge in [0.25, 0.3) is 0 Å². The number of carbonyl (C=O) groups is 2. The summed E-state index contributed by atoms with van der Waals surface area (Å²) < 4.78 is 5.00. The molecule has 98 valence electrons. The number of methoxy groups -OCH3 is 1. The lowest BCUT2D eigenvalue weighted by molar-refractivity contribution is 0.0698. The van der Waals surface area contributed by atoms with Gasteiger partial charge in [-0.1, -0.05) is 0 Å². The predicted molar refractivity (Wildman–Crippen MR) is 67.3 cm³/mol. The molecule has 0 radical (unpaired) electrons. The average Bonchev–Trinajstić information content (AvgIpc) is 2.37. The number of hydrogen-bond donors (Lipinski definition) is 2. The van der Waals surface area contributed by atoms with Crippen LogP contribution in [0.15, 0.2) is 18.2 Å². The van der Waals surface area contributed by atoms with Crippen LogP contribution >= 0.6 is 0 Å². The van der Waals surface area contributed by atoms with Gasteiger partial charge in [0.15, 0.2) is 0 Å². The minimum atomic E-state index is -1.10. The van der Waals surface area contributed by atoms with Crippen LogP contribution in [0.2, 0.25) is 0 Å². The van der Waals surface area contributed by atoms with Crippen LogP contribution in [0.4, 0.5) is 10.5 Å². The van der Waals surface area contributed by atoms with Gasteiger partial charge in [-0.05, 0) is 19.1 Å². The van der Waals surface area contributed by atoms with Crippen LogP contribution in [0.1, 0.15) is 17.3 Å². The first-order valence-electron chi connectivity index (χ1n) is 5.43. The van der Waals surface area contributed by atoms with E-state index in [0.29, 0.717) is 12.3 Å². The summed E-state index contributed by atoms with van der Waals surface area (Å²) in [6.45, 7) is 2.35. The van der Waals surface area contributed by atoms with Gasteiger partial charge in [0.1, 0.15) is 5.75 Å². The molecule has 6 heteroatoms. The monoisotopic (exact) mass is 252 g/mol. The summed E-state index contributed by atoms with van der Waals surface area (Å²) in [6.07, 6.45) is 0. The lowest BCUT2D eigenvalue weighted by Gasteiger charge is -2.17. The SMILES string of the molecule is CCN(C)C(=O)Nc1cc(OC)ccc1C(=O)O. The third-order valence-corrected chi connectivity index (χ3v) is 2.52. The number of hydrogen-bond acceptors (Lipinski definition) is 3. The maximum atomic E-state index is 11.7. The van der Waals surface area contributed by atoms with Crippen LogP contribution in [-0.4, -0.2) is 42.7 Å². The highest BCUT2D eigenvalue weighted by Gasteiger charge is 2.15. The molecule has 2 amide bonds. The topological polar surface area (TPSA) is 78.9 Å². The van der Waals surface area contributed by atoms with Crippen molar-refractivity contribution in [3.63, 3.8) is 0 Å². The molecule has 18 heavy (non-hydrogen) atoms. The van der Waals surface area contributed by atoms with Crippen molar-refractivity contribution in [3.05, 3.63) is 23.8 Å². The Labute approximate surface area is 105 Å². The van der Waals surface area contributed by atoms with Crippen LogP contribution in [0.5, 0.6) is 5.75 Å². The molecule has 0 spiro atoms. The highest BCUT2D eigenvalue weighted by Crippen LogP contribution is 2.22. The first-order valence-corrected chi connectivity index (χ1v) is 5.43. The quantitative estimate of drug-likeness (QED) is 0.857. The molecule has 1 aromatic carbocycles. The second kappa shape index (κ2) is 5.90. The van der Waals surface area contributed by atoms with Crippen molar-refractivity contribution >= 4 is 17.7 Å². The van der Waals surface area contributed by atoms with Crippen molar-refractivity contribution in [2.75, 3.05) is 26.0 Å². The van der Waals surface area contributed by atoms with Crippen molar-refractivity contribution in [3.8, 4) is 5.75 Å². The average molecular weight is 252 g/mol. The number of carbonyl (C=O) groups excluding carboxylic acids is 1. The summed E-state index contributed by atoms with van der Waals surface area (Å²) in [5, 5.41) is 11.6. The molecule has 0 bridgehead atoms. The number of benzene rings is 1. The fourth-order valence-corrected chi connectivity index (χ4v) is 1.29. The van der Waals surface area contributed by atoms with Gasteiger partial charge in [-0.2, -0.15) is 0 Å².